The zero-order chi connectivity index (χ0) is 10.0. The Morgan fingerprint density at radius 1 is 1.38 bits per heavy atom. The van der Waals surface area contributed by atoms with Crippen LogP contribution in [0.15, 0.2) is 12.1 Å². The van der Waals surface area contributed by atoms with Crippen LogP contribution in [0.3, 0.4) is 0 Å². The number of methoxy groups -OCH3 is 1. The van der Waals surface area contributed by atoms with Crippen LogP contribution in [-0.2, 0) is 0 Å². The molecule has 0 aliphatic rings. The van der Waals surface area contributed by atoms with Crippen molar-refractivity contribution in [1.82, 2.24) is 0 Å². The number of ether oxygens (including phenoxy) is 1. The predicted octanol–water partition coefficient (Wildman–Crippen LogP) is 2.00. The monoisotopic (exact) mass is 200 g/mol. The second-order valence-electron chi connectivity index (χ2n) is 2.94. The number of hydrogen-bond acceptors (Lipinski definition) is 3. The number of hydrogen-bond donors (Lipinski definition) is 1. The maximum absolute atomic E-state index is 5.88. The van der Waals surface area contributed by atoms with Gasteiger partial charge in [0.05, 0.1) is 23.5 Å². The fourth-order valence-corrected chi connectivity index (χ4v) is 1.23. The second kappa shape index (κ2) is 3.75. The van der Waals surface area contributed by atoms with Crippen molar-refractivity contribution in [1.29, 1.82) is 0 Å². The summed E-state index contributed by atoms with van der Waals surface area (Å²) in [5.74, 6) is 0.729. The first-order valence-electron chi connectivity index (χ1n) is 3.86. The van der Waals surface area contributed by atoms with Crippen LogP contribution in [0, 0.1) is 0 Å². The summed E-state index contributed by atoms with van der Waals surface area (Å²) in [6, 6.07) is 3.51. The molecule has 1 aromatic carbocycles. The van der Waals surface area contributed by atoms with E-state index in [4.69, 9.17) is 22.1 Å². The van der Waals surface area contributed by atoms with E-state index in [1.165, 1.54) is 0 Å². The van der Waals surface area contributed by atoms with Gasteiger partial charge >= 0.3 is 0 Å². The third-order valence-electron chi connectivity index (χ3n) is 1.78. The molecular weight excluding hydrogens is 188 g/mol. The van der Waals surface area contributed by atoms with Gasteiger partial charge in [-0.2, -0.15) is 0 Å². The lowest BCUT2D eigenvalue weighted by molar-refractivity contribution is 0.415. The van der Waals surface area contributed by atoms with Crippen LogP contribution >= 0.6 is 11.6 Å². The summed E-state index contributed by atoms with van der Waals surface area (Å²) in [6.07, 6.45) is 0. The summed E-state index contributed by atoms with van der Waals surface area (Å²) in [5.41, 5.74) is 7.08. The summed E-state index contributed by atoms with van der Waals surface area (Å²) in [4.78, 5) is 1.92. The molecule has 0 saturated heterocycles. The van der Waals surface area contributed by atoms with Crippen LogP contribution in [0.1, 0.15) is 0 Å². The molecule has 13 heavy (non-hydrogen) atoms. The van der Waals surface area contributed by atoms with Crippen LogP contribution in [-0.4, -0.2) is 21.2 Å². The average molecular weight is 201 g/mol. The number of nitrogens with two attached hydrogens (primary N) is 1. The second-order valence-corrected chi connectivity index (χ2v) is 3.35. The molecule has 0 unspecified atom stereocenters. The highest BCUT2D eigenvalue weighted by Crippen LogP contribution is 2.34. The SMILES string of the molecule is COc1cc(N)c(Cl)cc1N(C)C. The first kappa shape index (κ1) is 9.99. The summed E-state index contributed by atoms with van der Waals surface area (Å²) < 4.78 is 5.16. The molecule has 72 valence electrons. The van der Waals surface area contributed by atoms with Gasteiger partial charge in [-0.05, 0) is 6.07 Å². The van der Waals surface area contributed by atoms with Gasteiger partial charge in [-0.15, -0.1) is 0 Å². The highest BCUT2D eigenvalue weighted by atomic mass is 35.5. The fourth-order valence-electron chi connectivity index (χ4n) is 1.07. The molecule has 1 rings (SSSR count). The maximum Gasteiger partial charge on any atom is 0.144 e. The highest BCUT2D eigenvalue weighted by molar-refractivity contribution is 6.33. The van der Waals surface area contributed by atoms with Gasteiger partial charge in [-0.1, -0.05) is 11.6 Å². The van der Waals surface area contributed by atoms with Crippen molar-refractivity contribution >= 4 is 23.0 Å². The van der Waals surface area contributed by atoms with Crippen LogP contribution in [0.4, 0.5) is 11.4 Å². The van der Waals surface area contributed by atoms with Crippen molar-refractivity contribution in [3.8, 4) is 5.75 Å². The van der Waals surface area contributed by atoms with E-state index in [2.05, 4.69) is 0 Å². The zero-order valence-corrected chi connectivity index (χ0v) is 8.72. The van der Waals surface area contributed by atoms with Crippen molar-refractivity contribution < 1.29 is 4.74 Å². The predicted molar refractivity (Wildman–Crippen MR) is 56.7 cm³/mol. The third-order valence-corrected chi connectivity index (χ3v) is 2.11. The van der Waals surface area contributed by atoms with E-state index in [1.807, 2.05) is 19.0 Å². The Bertz CT molecular complexity index is 313. The van der Waals surface area contributed by atoms with E-state index >= 15 is 0 Å². The van der Waals surface area contributed by atoms with Crippen molar-refractivity contribution in [2.45, 2.75) is 0 Å². The molecule has 0 heterocycles. The van der Waals surface area contributed by atoms with E-state index in [1.54, 1.807) is 19.2 Å². The standard InChI is InChI=1S/C9H13ClN2O/c1-12(2)8-4-6(10)7(11)5-9(8)13-3/h4-5H,11H2,1-3H3. The quantitative estimate of drug-likeness (QED) is 0.743. The largest absolute Gasteiger partial charge is 0.495 e. The molecule has 0 atom stereocenters. The third kappa shape index (κ3) is 1.98. The molecule has 0 aliphatic heterocycles. The van der Waals surface area contributed by atoms with E-state index in [9.17, 15) is 0 Å². The van der Waals surface area contributed by atoms with Gasteiger partial charge in [-0.25, -0.2) is 0 Å². The molecular formula is C9H13ClN2O. The van der Waals surface area contributed by atoms with Gasteiger partial charge in [0.1, 0.15) is 5.75 Å². The van der Waals surface area contributed by atoms with Gasteiger partial charge in [0.2, 0.25) is 0 Å². The summed E-state index contributed by atoms with van der Waals surface area (Å²) in [6.45, 7) is 0. The fraction of sp³-hybridized carbons (Fsp3) is 0.333. The molecule has 0 bridgehead atoms. The van der Waals surface area contributed by atoms with E-state index < -0.39 is 0 Å². The number of rotatable bonds is 2. The van der Waals surface area contributed by atoms with E-state index in [0.29, 0.717) is 10.7 Å². The Morgan fingerprint density at radius 2 is 2.00 bits per heavy atom. The summed E-state index contributed by atoms with van der Waals surface area (Å²) in [7, 11) is 5.45. The van der Waals surface area contributed by atoms with Gasteiger partial charge in [0, 0.05) is 20.2 Å². The zero-order valence-electron chi connectivity index (χ0n) is 7.97. The Labute approximate surface area is 83.0 Å². The van der Waals surface area contributed by atoms with E-state index in [-0.39, 0.29) is 0 Å². The first-order chi connectivity index (χ1) is 6.06. The Hall–Kier alpha value is -1.09. The molecule has 0 fully saturated rings. The molecule has 2 N–H and O–H groups in total. The molecule has 0 saturated carbocycles. The lowest BCUT2D eigenvalue weighted by Crippen LogP contribution is -2.10. The summed E-state index contributed by atoms with van der Waals surface area (Å²) >= 11 is 5.88. The van der Waals surface area contributed by atoms with Gasteiger partial charge in [0.25, 0.3) is 0 Å². The number of nitrogen functional groups attached to an aromatic ring is 1. The van der Waals surface area contributed by atoms with E-state index in [0.717, 1.165) is 11.4 Å². The Kier molecular flexibility index (Phi) is 2.88. The lowest BCUT2D eigenvalue weighted by atomic mass is 10.2. The van der Waals surface area contributed by atoms with Crippen LogP contribution in [0.5, 0.6) is 5.75 Å². The minimum Gasteiger partial charge on any atom is -0.495 e. The molecule has 0 radical (unpaired) electrons. The Balaban J connectivity index is 3.25. The molecule has 3 nitrogen and oxygen atoms in total. The lowest BCUT2D eigenvalue weighted by Gasteiger charge is -2.17. The van der Waals surface area contributed by atoms with Crippen LogP contribution in [0.25, 0.3) is 0 Å². The minimum absolute atomic E-state index is 0.532. The number of benzene rings is 1. The average Bonchev–Trinajstić information content (AvgIpc) is 2.08. The molecule has 0 aromatic heterocycles. The van der Waals surface area contributed by atoms with Gasteiger partial charge in [0.15, 0.2) is 0 Å². The van der Waals surface area contributed by atoms with Crippen molar-refractivity contribution in [3.63, 3.8) is 0 Å². The normalized spacial score (nSPS) is 9.85. The molecule has 0 spiro atoms. The smallest absolute Gasteiger partial charge is 0.144 e. The number of halogens is 1. The minimum atomic E-state index is 0.532. The Morgan fingerprint density at radius 3 is 2.46 bits per heavy atom. The van der Waals surface area contributed by atoms with Crippen LogP contribution < -0.4 is 15.4 Å². The number of nitrogens with zero attached hydrogens (tertiary/aromatic N) is 1. The first-order valence-corrected chi connectivity index (χ1v) is 4.24. The van der Waals surface area contributed by atoms with Crippen molar-refractivity contribution in [2.24, 2.45) is 0 Å². The topological polar surface area (TPSA) is 38.5 Å². The van der Waals surface area contributed by atoms with Gasteiger partial charge in [-0.3, -0.25) is 0 Å². The maximum atomic E-state index is 5.88. The van der Waals surface area contributed by atoms with Crippen molar-refractivity contribution in [2.75, 3.05) is 31.8 Å². The summed E-state index contributed by atoms with van der Waals surface area (Å²) in [5, 5.41) is 0.546. The van der Waals surface area contributed by atoms with Gasteiger partial charge < -0.3 is 15.4 Å². The highest BCUT2D eigenvalue weighted by Gasteiger charge is 2.08. The molecule has 0 amide bonds. The number of anilines is 2. The molecule has 1 aromatic rings. The van der Waals surface area contributed by atoms with Crippen LogP contribution in [0.2, 0.25) is 5.02 Å². The molecule has 4 heteroatoms. The van der Waals surface area contributed by atoms with Crippen molar-refractivity contribution in [3.05, 3.63) is 17.2 Å². The molecule has 0 aliphatic carbocycles.